The van der Waals surface area contributed by atoms with Crippen molar-refractivity contribution in [3.63, 3.8) is 0 Å². The number of halogens is 3. The van der Waals surface area contributed by atoms with Gasteiger partial charge in [-0.25, -0.2) is 5.01 Å². The van der Waals surface area contributed by atoms with Crippen LogP contribution in [0.2, 0.25) is 10.0 Å². The Morgan fingerprint density at radius 1 is 0.967 bits per heavy atom. The summed E-state index contributed by atoms with van der Waals surface area (Å²) in [5, 5.41) is 2.22. The third-order valence-electron chi connectivity index (χ3n) is 4.66. The van der Waals surface area contributed by atoms with Crippen molar-refractivity contribution in [1.82, 2.24) is 10.0 Å². The van der Waals surface area contributed by atoms with Gasteiger partial charge in [0, 0.05) is 29.3 Å². The van der Waals surface area contributed by atoms with E-state index in [1.54, 1.807) is 24.3 Å². The van der Waals surface area contributed by atoms with E-state index in [9.17, 15) is 19.2 Å². The van der Waals surface area contributed by atoms with Crippen LogP contribution in [0.5, 0.6) is 0 Å². The van der Waals surface area contributed by atoms with Crippen LogP contribution in [-0.4, -0.2) is 45.4 Å². The molecule has 1 atom stereocenters. The molecule has 0 radical (unpaired) electrons. The molecule has 0 unspecified atom stereocenters. The van der Waals surface area contributed by atoms with Crippen molar-refractivity contribution in [3.05, 3.63) is 69.7 Å². The third-order valence-corrected chi connectivity index (χ3v) is 5.46. The van der Waals surface area contributed by atoms with E-state index in [0.717, 1.165) is 10.0 Å². The Morgan fingerprint density at radius 2 is 1.57 bits per heavy atom. The summed E-state index contributed by atoms with van der Waals surface area (Å²) in [5.74, 6) is -2.32. The number of hydrazine groups is 1. The van der Waals surface area contributed by atoms with Gasteiger partial charge in [0.25, 0.3) is 5.91 Å². The second kappa shape index (κ2) is 9.60. The predicted octanol–water partition coefficient (Wildman–Crippen LogP) is 4.38. The van der Waals surface area contributed by atoms with E-state index in [4.69, 9.17) is 34.8 Å². The lowest BCUT2D eigenvalue weighted by Gasteiger charge is -2.36. The second-order valence-corrected chi connectivity index (χ2v) is 7.82. The fourth-order valence-corrected chi connectivity index (χ4v) is 3.76. The zero-order valence-corrected chi connectivity index (χ0v) is 18.0. The molecule has 1 aliphatic heterocycles. The number of nitrogens with zero attached hydrogens (tertiary/aromatic N) is 2. The van der Waals surface area contributed by atoms with Crippen LogP contribution in [0.15, 0.2) is 48.5 Å². The zero-order chi connectivity index (χ0) is 21.8. The number of Topliss-reactive ketones (excluding diaryl/α,β-unsaturated/α-hetero) is 1. The van der Waals surface area contributed by atoms with Gasteiger partial charge in [-0.1, -0.05) is 35.3 Å². The lowest BCUT2D eigenvalue weighted by Crippen LogP contribution is -2.57. The molecule has 3 amide bonds. The molecule has 0 N–H and O–H groups in total. The Morgan fingerprint density at radius 3 is 2.13 bits per heavy atom. The molecule has 3 rings (SSSR count). The third kappa shape index (κ3) is 4.51. The summed E-state index contributed by atoms with van der Waals surface area (Å²) in [6.45, 7) is 0. The Hall–Kier alpha value is -2.41. The molecule has 0 spiro atoms. The molecule has 1 fully saturated rings. The number of carbonyl (C=O) groups excluding carboxylic acids is 4. The summed E-state index contributed by atoms with van der Waals surface area (Å²) in [7, 11) is 0. The topological polar surface area (TPSA) is 74.8 Å². The van der Waals surface area contributed by atoms with Crippen molar-refractivity contribution >= 4 is 58.3 Å². The van der Waals surface area contributed by atoms with Crippen LogP contribution in [0.4, 0.5) is 0 Å². The van der Waals surface area contributed by atoms with Crippen molar-refractivity contribution in [2.75, 3.05) is 5.88 Å². The van der Waals surface area contributed by atoms with E-state index in [2.05, 4.69) is 0 Å². The minimum atomic E-state index is -1.18. The van der Waals surface area contributed by atoms with Crippen LogP contribution in [-0.2, 0) is 9.59 Å². The van der Waals surface area contributed by atoms with Gasteiger partial charge in [-0.2, -0.15) is 5.01 Å². The fourth-order valence-electron chi connectivity index (χ4n) is 3.21. The van der Waals surface area contributed by atoms with Crippen molar-refractivity contribution in [2.24, 2.45) is 0 Å². The van der Waals surface area contributed by atoms with Crippen molar-refractivity contribution in [3.8, 4) is 0 Å². The fraction of sp³-hybridized carbons (Fsp3) is 0.238. The monoisotopic (exact) mass is 466 g/mol. The first-order valence-corrected chi connectivity index (χ1v) is 10.4. The molecule has 0 saturated carbocycles. The maximum Gasteiger partial charge on any atom is 0.275 e. The standard InChI is InChI=1S/C21H17Cl3N2O4/c22-12-11-17(20(29)13-5-7-14(23)8-6-13)25(26-18(27)9-10-19(26)28)21(30)15-3-1-2-4-16(15)24/h1-8,17H,9-12H2/t17-/m0/s1. The molecule has 6 nitrogen and oxygen atoms in total. The summed E-state index contributed by atoms with van der Waals surface area (Å²) in [6.07, 6.45) is -0.0714. The second-order valence-electron chi connectivity index (χ2n) is 6.59. The number of ketones is 1. The minimum absolute atomic E-state index is 0.0204. The van der Waals surface area contributed by atoms with E-state index in [-0.39, 0.29) is 41.3 Å². The van der Waals surface area contributed by atoms with E-state index in [1.165, 1.54) is 24.3 Å². The summed E-state index contributed by atoms with van der Waals surface area (Å²) >= 11 is 18.0. The summed E-state index contributed by atoms with van der Waals surface area (Å²) < 4.78 is 0. The summed E-state index contributed by atoms with van der Waals surface area (Å²) in [5.41, 5.74) is 0.334. The summed E-state index contributed by atoms with van der Waals surface area (Å²) in [4.78, 5) is 51.7. The molecule has 9 heteroatoms. The predicted molar refractivity (Wildman–Crippen MR) is 114 cm³/mol. The van der Waals surface area contributed by atoms with Gasteiger partial charge < -0.3 is 0 Å². The van der Waals surface area contributed by atoms with Gasteiger partial charge in [0.2, 0.25) is 11.8 Å². The van der Waals surface area contributed by atoms with Crippen LogP contribution >= 0.6 is 34.8 Å². The number of carbonyl (C=O) groups is 4. The number of alkyl halides is 1. The van der Waals surface area contributed by atoms with Gasteiger partial charge >= 0.3 is 0 Å². The van der Waals surface area contributed by atoms with Crippen molar-refractivity contribution in [1.29, 1.82) is 0 Å². The highest BCUT2D eigenvalue weighted by atomic mass is 35.5. The highest BCUT2D eigenvalue weighted by Crippen LogP contribution is 2.27. The van der Waals surface area contributed by atoms with Gasteiger partial charge in [-0.05, 0) is 42.8 Å². The van der Waals surface area contributed by atoms with E-state index in [1.807, 2.05) is 0 Å². The molecule has 30 heavy (non-hydrogen) atoms. The van der Waals surface area contributed by atoms with E-state index in [0.29, 0.717) is 5.02 Å². The lowest BCUT2D eigenvalue weighted by atomic mass is 10.0. The number of amides is 3. The minimum Gasteiger partial charge on any atom is -0.292 e. The Balaban J connectivity index is 2.10. The molecule has 0 bridgehead atoms. The van der Waals surface area contributed by atoms with Gasteiger partial charge in [-0.3, -0.25) is 19.2 Å². The normalized spacial score (nSPS) is 14.7. The Labute approximate surface area is 188 Å². The van der Waals surface area contributed by atoms with Crippen LogP contribution in [0.1, 0.15) is 40.0 Å². The quantitative estimate of drug-likeness (QED) is 0.344. The Kier molecular flexibility index (Phi) is 7.13. The molecule has 0 aliphatic carbocycles. The largest absolute Gasteiger partial charge is 0.292 e. The maximum absolute atomic E-state index is 13.4. The molecular formula is C21H17Cl3N2O4. The SMILES string of the molecule is O=C(c1ccc(Cl)cc1)[C@H](CCCl)N(C(=O)c1ccccc1Cl)N1C(=O)CCC1=O. The number of benzene rings is 2. The van der Waals surface area contributed by atoms with Crippen LogP contribution in [0.3, 0.4) is 0 Å². The van der Waals surface area contributed by atoms with Crippen LogP contribution < -0.4 is 0 Å². The van der Waals surface area contributed by atoms with Crippen LogP contribution in [0, 0.1) is 0 Å². The smallest absolute Gasteiger partial charge is 0.275 e. The molecule has 1 aliphatic rings. The molecule has 0 aromatic heterocycles. The van der Waals surface area contributed by atoms with Gasteiger partial charge in [-0.15, -0.1) is 11.6 Å². The first kappa shape index (κ1) is 22.3. The number of rotatable bonds is 7. The molecule has 1 saturated heterocycles. The van der Waals surface area contributed by atoms with Gasteiger partial charge in [0.05, 0.1) is 10.6 Å². The highest BCUT2D eigenvalue weighted by molar-refractivity contribution is 6.34. The van der Waals surface area contributed by atoms with E-state index >= 15 is 0 Å². The highest BCUT2D eigenvalue weighted by Gasteiger charge is 2.43. The van der Waals surface area contributed by atoms with Gasteiger partial charge in [0.15, 0.2) is 5.78 Å². The average Bonchev–Trinajstić information content (AvgIpc) is 3.06. The molecule has 2 aromatic carbocycles. The molecule has 1 heterocycles. The van der Waals surface area contributed by atoms with E-state index < -0.39 is 29.5 Å². The van der Waals surface area contributed by atoms with Crippen molar-refractivity contribution < 1.29 is 19.2 Å². The number of imide groups is 1. The molecular weight excluding hydrogens is 451 g/mol. The first-order valence-electron chi connectivity index (χ1n) is 9.14. The number of hydrogen-bond acceptors (Lipinski definition) is 4. The molecule has 156 valence electrons. The van der Waals surface area contributed by atoms with Gasteiger partial charge in [0.1, 0.15) is 6.04 Å². The summed E-state index contributed by atoms with van der Waals surface area (Å²) in [6, 6.07) is 11.1. The van der Waals surface area contributed by atoms with Crippen molar-refractivity contribution in [2.45, 2.75) is 25.3 Å². The first-order chi connectivity index (χ1) is 14.3. The number of hydrogen-bond donors (Lipinski definition) is 0. The van der Waals surface area contributed by atoms with Crippen LogP contribution in [0.25, 0.3) is 0 Å². The lowest BCUT2D eigenvalue weighted by molar-refractivity contribution is -0.154. The average molecular weight is 468 g/mol. The molecule has 2 aromatic rings. The Bertz CT molecular complexity index is 978. The zero-order valence-electron chi connectivity index (χ0n) is 15.7. The maximum atomic E-state index is 13.4.